The highest BCUT2D eigenvalue weighted by atomic mass is 32.2. The lowest BCUT2D eigenvalue weighted by Crippen LogP contribution is -2.46. The summed E-state index contributed by atoms with van der Waals surface area (Å²) in [6.07, 6.45) is 14.2. The summed E-state index contributed by atoms with van der Waals surface area (Å²) in [5.74, 6) is 0. The van der Waals surface area contributed by atoms with Crippen molar-refractivity contribution in [2.45, 2.75) is 49.3 Å². The van der Waals surface area contributed by atoms with Gasteiger partial charge in [-0.3, -0.25) is 4.98 Å². The molecule has 2 heterocycles. The summed E-state index contributed by atoms with van der Waals surface area (Å²) in [4.78, 5) is 6.59. The van der Waals surface area contributed by atoms with Crippen LogP contribution >= 0.6 is 11.8 Å². The van der Waals surface area contributed by atoms with E-state index in [0.717, 1.165) is 13.1 Å². The van der Waals surface area contributed by atoms with E-state index in [1.165, 1.54) is 50.8 Å². The van der Waals surface area contributed by atoms with E-state index in [-0.39, 0.29) is 0 Å². The minimum atomic E-state index is 0.530. The summed E-state index contributed by atoms with van der Waals surface area (Å²) in [7, 11) is 0. The lowest BCUT2D eigenvalue weighted by atomic mass is 10.0. The first kappa shape index (κ1) is 15.2. The number of nitrogens with zero attached hydrogens (tertiary/aromatic N) is 2. The molecule has 1 aromatic rings. The van der Waals surface area contributed by atoms with Crippen LogP contribution in [0.3, 0.4) is 0 Å². The Labute approximate surface area is 132 Å². The fraction of sp³-hybridized carbons (Fsp3) is 0.706. The van der Waals surface area contributed by atoms with Crippen LogP contribution in [0.15, 0.2) is 24.5 Å². The molecule has 116 valence electrons. The maximum Gasteiger partial charge on any atom is 0.0397 e. The molecule has 0 unspecified atom stereocenters. The molecule has 4 heteroatoms. The first-order valence-corrected chi connectivity index (χ1v) is 9.47. The van der Waals surface area contributed by atoms with Gasteiger partial charge in [-0.05, 0) is 44.1 Å². The molecule has 21 heavy (non-hydrogen) atoms. The number of pyridine rings is 1. The molecule has 1 aliphatic carbocycles. The smallest absolute Gasteiger partial charge is 0.0397 e. The van der Waals surface area contributed by atoms with E-state index < -0.39 is 0 Å². The highest BCUT2D eigenvalue weighted by Gasteiger charge is 2.33. The Morgan fingerprint density at radius 1 is 1.24 bits per heavy atom. The molecule has 3 rings (SSSR count). The van der Waals surface area contributed by atoms with Gasteiger partial charge in [0.1, 0.15) is 0 Å². The van der Waals surface area contributed by atoms with E-state index in [2.05, 4.69) is 45.4 Å². The SMILES string of the molecule is CSC1(CNC2CCN(c3ccncc3)CC2)CCCC1. The van der Waals surface area contributed by atoms with Crippen molar-refractivity contribution in [3.05, 3.63) is 24.5 Å². The van der Waals surface area contributed by atoms with Crippen molar-refractivity contribution in [3.63, 3.8) is 0 Å². The Hall–Kier alpha value is -0.740. The average molecular weight is 305 g/mol. The zero-order valence-corrected chi connectivity index (χ0v) is 13.9. The van der Waals surface area contributed by atoms with Gasteiger partial charge in [-0.2, -0.15) is 11.8 Å². The third-order valence-corrected chi connectivity index (χ3v) is 6.60. The molecule has 0 spiro atoms. The molecular weight excluding hydrogens is 278 g/mol. The van der Waals surface area contributed by atoms with Gasteiger partial charge in [0.15, 0.2) is 0 Å². The Balaban J connectivity index is 1.46. The second-order valence-electron chi connectivity index (χ2n) is 6.44. The van der Waals surface area contributed by atoms with E-state index in [1.54, 1.807) is 0 Å². The predicted octanol–water partition coefficient (Wildman–Crippen LogP) is 3.32. The topological polar surface area (TPSA) is 28.2 Å². The molecule has 2 aliphatic rings. The fourth-order valence-electron chi connectivity index (χ4n) is 3.70. The Kier molecular flexibility index (Phi) is 5.07. The van der Waals surface area contributed by atoms with E-state index in [1.807, 2.05) is 12.4 Å². The van der Waals surface area contributed by atoms with Gasteiger partial charge in [-0.15, -0.1) is 0 Å². The highest BCUT2D eigenvalue weighted by molar-refractivity contribution is 8.00. The van der Waals surface area contributed by atoms with Gasteiger partial charge in [-0.1, -0.05) is 12.8 Å². The first-order valence-electron chi connectivity index (χ1n) is 8.25. The quantitative estimate of drug-likeness (QED) is 0.903. The van der Waals surface area contributed by atoms with Gasteiger partial charge in [0.25, 0.3) is 0 Å². The fourth-order valence-corrected chi connectivity index (χ4v) is 4.62. The van der Waals surface area contributed by atoms with Crippen molar-refractivity contribution in [1.82, 2.24) is 10.3 Å². The van der Waals surface area contributed by atoms with Crippen molar-refractivity contribution >= 4 is 17.4 Å². The summed E-state index contributed by atoms with van der Waals surface area (Å²) in [5.41, 5.74) is 1.32. The van der Waals surface area contributed by atoms with Gasteiger partial charge in [0.2, 0.25) is 0 Å². The summed E-state index contributed by atoms with van der Waals surface area (Å²) in [6, 6.07) is 4.94. The molecule has 1 saturated carbocycles. The number of thioether (sulfide) groups is 1. The van der Waals surface area contributed by atoms with Crippen molar-refractivity contribution < 1.29 is 0 Å². The first-order chi connectivity index (χ1) is 10.3. The molecule has 0 bridgehead atoms. The van der Waals surface area contributed by atoms with E-state index in [4.69, 9.17) is 0 Å². The zero-order valence-electron chi connectivity index (χ0n) is 13.1. The number of aromatic nitrogens is 1. The second-order valence-corrected chi connectivity index (χ2v) is 7.72. The molecule has 0 amide bonds. The maximum atomic E-state index is 4.10. The van der Waals surface area contributed by atoms with Crippen LogP contribution in [0.4, 0.5) is 5.69 Å². The van der Waals surface area contributed by atoms with Crippen LogP contribution in [0.5, 0.6) is 0 Å². The van der Waals surface area contributed by atoms with Gasteiger partial charge in [-0.25, -0.2) is 0 Å². The molecule has 0 aromatic carbocycles. The van der Waals surface area contributed by atoms with Crippen LogP contribution in [0.1, 0.15) is 38.5 Å². The minimum Gasteiger partial charge on any atom is -0.371 e. The largest absolute Gasteiger partial charge is 0.371 e. The Morgan fingerprint density at radius 3 is 2.52 bits per heavy atom. The molecule has 1 aromatic heterocycles. The molecule has 1 saturated heterocycles. The number of anilines is 1. The van der Waals surface area contributed by atoms with E-state index in [0.29, 0.717) is 10.8 Å². The maximum absolute atomic E-state index is 4.10. The molecular formula is C17H27N3S. The number of piperidine rings is 1. The summed E-state index contributed by atoms with van der Waals surface area (Å²) < 4.78 is 0.530. The van der Waals surface area contributed by atoms with Gasteiger partial charge < -0.3 is 10.2 Å². The van der Waals surface area contributed by atoms with Gasteiger partial charge >= 0.3 is 0 Å². The van der Waals surface area contributed by atoms with Crippen LogP contribution in [-0.2, 0) is 0 Å². The van der Waals surface area contributed by atoms with Crippen LogP contribution in [-0.4, -0.2) is 41.7 Å². The monoisotopic (exact) mass is 305 g/mol. The van der Waals surface area contributed by atoms with Crippen LogP contribution in [0, 0.1) is 0 Å². The predicted molar refractivity (Wildman–Crippen MR) is 92.2 cm³/mol. The standard InChI is InChI=1S/C17H27N3S/c1-21-17(8-2-3-9-17)14-19-15-6-12-20(13-7-15)16-4-10-18-11-5-16/h4-5,10-11,15,19H,2-3,6-9,12-14H2,1H3. The molecule has 1 aliphatic heterocycles. The van der Waals surface area contributed by atoms with E-state index >= 15 is 0 Å². The highest BCUT2D eigenvalue weighted by Crippen LogP contribution is 2.39. The van der Waals surface area contributed by atoms with Crippen molar-refractivity contribution in [2.24, 2.45) is 0 Å². The van der Waals surface area contributed by atoms with Crippen molar-refractivity contribution in [3.8, 4) is 0 Å². The summed E-state index contributed by atoms with van der Waals surface area (Å²) in [5, 5.41) is 3.87. The molecule has 2 fully saturated rings. The molecule has 1 N–H and O–H groups in total. The normalized spacial score (nSPS) is 22.6. The number of hydrogen-bond donors (Lipinski definition) is 1. The lowest BCUT2D eigenvalue weighted by molar-refractivity contribution is 0.391. The van der Waals surface area contributed by atoms with Crippen LogP contribution in [0.2, 0.25) is 0 Å². The van der Waals surface area contributed by atoms with Crippen LogP contribution < -0.4 is 10.2 Å². The lowest BCUT2D eigenvalue weighted by Gasteiger charge is -2.36. The van der Waals surface area contributed by atoms with Crippen LogP contribution in [0.25, 0.3) is 0 Å². The van der Waals surface area contributed by atoms with Gasteiger partial charge in [0, 0.05) is 48.5 Å². The average Bonchev–Trinajstić information content (AvgIpc) is 3.04. The zero-order chi connectivity index (χ0) is 14.5. The molecule has 0 radical (unpaired) electrons. The Bertz CT molecular complexity index is 423. The third kappa shape index (κ3) is 3.72. The number of hydrogen-bond acceptors (Lipinski definition) is 4. The third-order valence-electron chi connectivity index (χ3n) is 5.18. The van der Waals surface area contributed by atoms with E-state index in [9.17, 15) is 0 Å². The molecule has 3 nitrogen and oxygen atoms in total. The number of nitrogens with one attached hydrogen (secondary N) is 1. The number of rotatable bonds is 5. The Morgan fingerprint density at radius 2 is 1.90 bits per heavy atom. The minimum absolute atomic E-state index is 0.530. The second kappa shape index (κ2) is 7.01. The summed E-state index contributed by atoms with van der Waals surface area (Å²) in [6.45, 7) is 3.52. The van der Waals surface area contributed by atoms with Crippen molar-refractivity contribution in [2.75, 3.05) is 30.8 Å². The van der Waals surface area contributed by atoms with Crippen molar-refractivity contribution in [1.29, 1.82) is 0 Å². The molecule has 0 atom stereocenters. The summed E-state index contributed by atoms with van der Waals surface area (Å²) >= 11 is 2.09. The van der Waals surface area contributed by atoms with Gasteiger partial charge in [0.05, 0.1) is 0 Å².